The van der Waals surface area contributed by atoms with Crippen LogP contribution in [0.1, 0.15) is 24.2 Å². The maximum Gasteiger partial charge on any atom is 0.194 e. The quantitative estimate of drug-likeness (QED) is 0.594. The molecule has 1 aromatic heterocycles. The van der Waals surface area contributed by atoms with Crippen molar-refractivity contribution in [3.63, 3.8) is 0 Å². The van der Waals surface area contributed by atoms with Gasteiger partial charge in [0.1, 0.15) is 0 Å². The normalized spacial score (nSPS) is 12.8. The van der Waals surface area contributed by atoms with Crippen LogP contribution in [0.25, 0.3) is 0 Å². The monoisotopic (exact) mass is 380 g/mol. The van der Waals surface area contributed by atoms with Gasteiger partial charge in [-0.25, -0.2) is 0 Å². The smallest absolute Gasteiger partial charge is 0.194 e. The molecule has 2 aromatic rings. The fourth-order valence-corrected chi connectivity index (χ4v) is 2.64. The number of guanidine groups is 1. The van der Waals surface area contributed by atoms with E-state index in [2.05, 4.69) is 15.3 Å². The van der Waals surface area contributed by atoms with Gasteiger partial charge in [-0.3, -0.25) is 9.98 Å². The van der Waals surface area contributed by atoms with E-state index in [4.69, 9.17) is 23.2 Å². The highest BCUT2D eigenvalue weighted by Gasteiger charge is 2.11. The second kappa shape index (κ2) is 9.61. The van der Waals surface area contributed by atoms with Gasteiger partial charge in [-0.1, -0.05) is 29.3 Å². The van der Waals surface area contributed by atoms with Crippen LogP contribution in [0.4, 0.5) is 0 Å². The lowest BCUT2D eigenvalue weighted by Crippen LogP contribution is -2.38. The summed E-state index contributed by atoms with van der Waals surface area (Å²) in [6.07, 6.45) is 2.64. The number of aliphatic hydroxyl groups excluding tert-OH is 1. The largest absolute Gasteiger partial charge is 0.386 e. The molecule has 134 valence electrons. The number of aliphatic imine (C=N–C) groups is 1. The first-order valence-electron chi connectivity index (χ1n) is 8.02. The summed E-state index contributed by atoms with van der Waals surface area (Å²) in [4.78, 5) is 10.5. The third-order valence-corrected chi connectivity index (χ3v) is 4.34. The summed E-state index contributed by atoms with van der Waals surface area (Å²) >= 11 is 12.0. The minimum Gasteiger partial charge on any atom is -0.386 e. The zero-order valence-electron chi connectivity index (χ0n) is 14.3. The number of nitrogens with one attached hydrogen (secondary N) is 1. The molecule has 5 nitrogen and oxygen atoms in total. The lowest BCUT2D eigenvalue weighted by atomic mass is 10.1. The Bertz CT molecular complexity index is 709. The van der Waals surface area contributed by atoms with Crippen LogP contribution in [0.3, 0.4) is 0 Å². The Hall–Kier alpha value is -1.82. The van der Waals surface area contributed by atoms with Gasteiger partial charge in [-0.2, -0.15) is 0 Å². The maximum atomic E-state index is 10.3. The van der Waals surface area contributed by atoms with Gasteiger partial charge in [0.05, 0.1) is 22.7 Å². The first-order chi connectivity index (χ1) is 12.0. The molecule has 2 rings (SSSR count). The molecular weight excluding hydrogens is 359 g/mol. The van der Waals surface area contributed by atoms with Gasteiger partial charge >= 0.3 is 0 Å². The molecule has 1 unspecified atom stereocenters. The van der Waals surface area contributed by atoms with Gasteiger partial charge in [0.25, 0.3) is 0 Å². The van der Waals surface area contributed by atoms with Crippen LogP contribution in [-0.4, -0.2) is 41.1 Å². The summed E-state index contributed by atoms with van der Waals surface area (Å²) in [5.74, 6) is 0.710. The van der Waals surface area contributed by atoms with Crippen molar-refractivity contribution < 1.29 is 5.11 Å². The molecule has 1 atom stereocenters. The lowest BCUT2D eigenvalue weighted by molar-refractivity contribution is 0.186. The van der Waals surface area contributed by atoms with E-state index in [0.717, 1.165) is 17.7 Å². The van der Waals surface area contributed by atoms with Crippen molar-refractivity contribution in [2.24, 2.45) is 4.99 Å². The SMILES string of the molecule is CCNC(=NCC(O)c1ccncc1)N(C)Cc1ccc(Cl)c(Cl)c1. The molecule has 0 aliphatic carbocycles. The standard InChI is InChI=1S/C18H22Cl2N4O/c1-3-22-18(23-11-17(25)14-6-8-21-9-7-14)24(2)12-13-4-5-15(19)16(20)10-13/h4-10,17,25H,3,11-12H2,1-2H3,(H,22,23). The zero-order chi connectivity index (χ0) is 18.2. The molecule has 2 N–H and O–H groups in total. The Morgan fingerprint density at radius 3 is 2.60 bits per heavy atom. The van der Waals surface area contributed by atoms with Gasteiger partial charge in [0.2, 0.25) is 0 Å². The van der Waals surface area contributed by atoms with Crippen LogP contribution in [0.5, 0.6) is 0 Å². The Labute approximate surface area is 158 Å². The number of aliphatic hydroxyl groups is 1. The first kappa shape index (κ1) is 19.5. The molecule has 0 aliphatic rings. The summed E-state index contributed by atoms with van der Waals surface area (Å²) in [7, 11) is 1.93. The molecule has 0 amide bonds. The van der Waals surface area contributed by atoms with Crippen molar-refractivity contribution >= 4 is 29.2 Å². The minimum absolute atomic E-state index is 0.262. The summed E-state index contributed by atoms with van der Waals surface area (Å²) in [5, 5.41) is 14.6. The number of hydrogen-bond donors (Lipinski definition) is 2. The van der Waals surface area contributed by atoms with E-state index in [0.29, 0.717) is 22.5 Å². The molecule has 1 aromatic carbocycles. The minimum atomic E-state index is -0.671. The third kappa shape index (κ3) is 5.88. The average molecular weight is 381 g/mol. The Kier molecular flexibility index (Phi) is 7.50. The van der Waals surface area contributed by atoms with Crippen molar-refractivity contribution in [1.29, 1.82) is 0 Å². The third-order valence-electron chi connectivity index (χ3n) is 3.61. The van der Waals surface area contributed by atoms with E-state index in [1.807, 2.05) is 31.0 Å². The van der Waals surface area contributed by atoms with E-state index in [-0.39, 0.29) is 6.54 Å². The van der Waals surface area contributed by atoms with Crippen molar-refractivity contribution in [2.45, 2.75) is 19.6 Å². The number of halogens is 2. The first-order valence-corrected chi connectivity index (χ1v) is 8.78. The molecule has 0 saturated heterocycles. The maximum absolute atomic E-state index is 10.3. The van der Waals surface area contributed by atoms with E-state index < -0.39 is 6.10 Å². The highest BCUT2D eigenvalue weighted by molar-refractivity contribution is 6.42. The van der Waals surface area contributed by atoms with E-state index in [1.165, 1.54) is 0 Å². The van der Waals surface area contributed by atoms with Crippen molar-refractivity contribution in [1.82, 2.24) is 15.2 Å². The van der Waals surface area contributed by atoms with Crippen LogP contribution in [-0.2, 0) is 6.54 Å². The summed E-state index contributed by atoms with van der Waals surface area (Å²) in [6.45, 7) is 3.61. The molecule has 1 heterocycles. The van der Waals surface area contributed by atoms with Gasteiger partial charge in [0.15, 0.2) is 5.96 Å². The number of benzene rings is 1. The lowest BCUT2D eigenvalue weighted by Gasteiger charge is -2.23. The van der Waals surface area contributed by atoms with Crippen molar-refractivity contribution in [2.75, 3.05) is 20.1 Å². The van der Waals surface area contributed by atoms with Crippen molar-refractivity contribution in [3.8, 4) is 0 Å². The zero-order valence-corrected chi connectivity index (χ0v) is 15.8. The number of hydrogen-bond acceptors (Lipinski definition) is 3. The summed E-state index contributed by atoms with van der Waals surface area (Å²) < 4.78 is 0. The van der Waals surface area contributed by atoms with Crippen molar-refractivity contribution in [3.05, 3.63) is 63.9 Å². The van der Waals surface area contributed by atoms with Gasteiger partial charge in [-0.05, 0) is 42.3 Å². The highest BCUT2D eigenvalue weighted by Crippen LogP contribution is 2.23. The molecule has 0 saturated carbocycles. The molecule has 7 heteroatoms. The second-order valence-electron chi connectivity index (χ2n) is 5.60. The van der Waals surface area contributed by atoms with E-state index in [1.54, 1.807) is 30.6 Å². The Morgan fingerprint density at radius 1 is 1.24 bits per heavy atom. The van der Waals surface area contributed by atoms with E-state index >= 15 is 0 Å². The fraction of sp³-hybridized carbons (Fsp3) is 0.333. The summed E-state index contributed by atoms with van der Waals surface area (Å²) in [6, 6.07) is 9.12. The molecule has 0 aliphatic heterocycles. The van der Waals surface area contributed by atoms with Crippen LogP contribution < -0.4 is 5.32 Å². The second-order valence-corrected chi connectivity index (χ2v) is 6.41. The predicted octanol–water partition coefficient (Wildman–Crippen LogP) is 3.52. The molecule has 0 bridgehead atoms. The van der Waals surface area contributed by atoms with Crippen LogP contribution in [0.2, 0.25) is 10.0 Å². The number of rotatable bonds is 6. The topological polar surface area (TPSA) is 60.8 Å². The molecular formula is C18H22Cl2N4O. The molecule has 0 radical (unpaired) electrons. The molecule has 25 heavy (non-hydrogen) atoms. The Morgan fingerprint density at radius 2 is 1.96 bits per heavy atom. The van der Waals surface area contributed by atoms with Crippen LogP contribution in [0.15, 0.2) is 47.7 Å². The van der Waals surface area contributed by atoms with Gasteiger partial charge < -0.3 is 15.3 Å². The number of aromatic nitrogens is 1. The summed E-state index contributed by atoms with van der Waals surface area (Å²) in [5.41, 5.74) is 1.82. The fourth-order valence-electron chi connectivity index (χ4n) is 2.32. The van der Waals surface area contributed by atoms with Crippen LogP contribution >= 0.6 is 23.2 Å². The van der Waals surface area contributed by atoms with Crippen LogP contribution in [0, 0.1) is 0 Å². The Balaban J connectivity index is 2.06. The number of nitrogens with zero attached hydrogens (tertiary/aromatic N) is 3. The van der Waals surface area contributed by atoms with Gasteiger partial charge in [0, 0.05) is 32.5 Å². The highest BCUT2D eigenvalue weighted by atomic mass is 35.5. The van der Waals surface area contributed by atoms with Gasteiger partial charge in [-0.15, -0.1) is 0 Å². The molecule has 0 fully saturated rings. The average Bonchev–Trinajstić information content (AvgIpc) is 2.62. The predicted molar refractivity (Wildman–Crippen MR) is 103 cm³/mol. The molecule has 0 spiro atoms. The number of pyridine rings is 1. The van der Waals surface area contributed by atoms with E-state index in [9.17, 15) is 5.11 Å².